The third-order valence-corrected chi connectivity index (χ3v) is 3.44. The molecule has 1 aliphatic heterocycles. The van der Waals surface area contributed by atoms with Crippen molar-refractivity contribution in [3.63, 3.8) is 0 Å². The van der Waals surface area contributed by atoms with Crippen LogP contribution in [0.2, 0.25) is 0 Å². The van der Waals surface area contributed by atoms with E-state index in [-0.39, 0.29) is 0 Å². The summed E-state index contributed by atoms with van der Waals surface area (Å²) in [6, 6.07) is 1.98. The quantitative estimate of drug-likeness (QED) is 0.806. The molecular formula is C14H24N4. The summed E-state index contributed by atoms with van der Waals surface area (Å²) in [7, 11) is 0. The van der Waals surface area contributed by atoms with Crippen LogP contribution in [0, 0.1) is 6.92 Å². The maximum Gasteiger partial charge on any atom is 0.125 e. The zero-order chi connectivity index (χ0) is 12.6. The fourth-order valence-electron chi connectivity index (χ4n) is 2.42. The Morgan fingerprint density at radius 2 is 2.00 bits per heavy atom. The van der Waals surface area contributed by atoms with Gasteiger partial charge in [0.25, 0.3) is 0 Å². The molecule has 100 valence electrons. The minimum absolute atomic E-state index is 0.844. The van der Waals surface area contributed by atoms with Crippen LogP contribution in [0.1, 0.15) is 37.2 Å². The van der Waals surface area contributed by atoms with Crippen molar-refractivity contribution >= 4 is 0 Å². The lowest BCUT2D eigenvalue weighted by Gasteiger charge is -2.19. The monoisotopic (exact) mass is 248 g/mol. The standard InChI is InChI=1S/C14H24N4/c1-13-16-7-6-14(17-13)12-15-8-11-18-9-4-2-3-5-10-18/h6-7,15H,2-5,8-12H2,1H3. The van der Waals surface area contributed by atoms with Gasteiger partial charge in [-0.05, 0) is 38.9 Å². The van der Waals surface area contributed by atoms with Crippen LogP contribution >= 0.6 is 0 Å². The summed E-state index contributed by atoms with van der Waals surface area (Å²) >= 11 is 0. The molecule has 2 heterocycles. The fourth-order valence-corrected chi connectivity index (χ4v) is 2.42. The molecule has 0 aliphatic carbocycles. The minimum atomic E-state index is 0.844. The van der Waals surface area contributed by atoms with E-state index in [2.05, 4.69) is 20.2 Å². The number of nitrogens with one attached hydrogen (secondary N) is 1. The van der Waals surface area contributed by atoms with Crippen molar-refractivity contribution in [1.29, 1.82) is 0 Å². The van der Waals surface area contributed by atoms with Crippen molar-refractivity contribution < 1.29 is 0 Å². The molecule has 0 bridgehead atoms. The molecular weight excluding hydrogens is 224 g/mol. The number of rotatable bonds is 5. The van der Waals surface area contributed by atoms with Crippen LogP contribution in [0.15, 0.2) is 12.3 Å². The highest BCUT2D eigenvalue weighted by Crippen LogP contribution is 2.08. The molecule has 1 N–H and O–H groups in total. The third-order valence-electron chi connectivity index (χ3n) is 3.44. The van der Waals surface area contributed by atoms with E-state index in [4.69, 9.17) is 0 Å². The summed E-state index contributed by atoms with van der Waals surface area (Å²) in [4.78, 5) is 11.1. The minimum Gasteiger partial charge on any atom is -0.310 e. The maximum atomic E-state index is 4.39. The van der Waals surface area contributed by atoms with Gasteiger partial charge in [0.2, 0.25) is 0 Å². The smallest absolute Gasteiger partial charge is 0.125 e. The van der Waals surface area contributed by atoms with Gasteiger partial charge in [0.1, 0.15) is 5.82 Å². The van der Waals surface area contributed by atoms with Crippen molar-refractivity contribution in [2.75, 3.05) is 26.2 Å². The van der Waals surface area contributed by atoms with Gasteiger partial charge in [-0.1, -0.05) is 12.8 Å². The van der Waals surface area contributed by atoms with Crippen molar-refractivity contribution in [2.24, 2.45) is 0 Å². The van der Waals surface area contributed by atoms with Gasteiger partial charge in [-0.25, -0.2) is 9.97 Å². The number of aromatic nitrogens is 2. The van der Waals surface area contributed by atoms with E-state index in [1.54, 1.807) is 0 Å². The van der Waals surface area contributed by atoms with Gasteiger partial charge in [-0.2, -0.15) is 0 Å². The third kappa shape index (κ3) is 4.70. The lowest BCUT2D eigenvalue weighted by atomic mass is 10.2. The second-order valence-electron chi connectivity index (χ2n) is 5.03. The van der Waals surface area contributed by atoms with E-state index >= 15 is 0 Å². The molecule has 4 heteroatoms. The Labute approximate surface area is 110 Å². The molecule has 2 rings (SSSR count). The average Bonchev–Trinajstić information content (AvgIpc) is 2.63. The van der Waals surface area contributed by atoms with Crippen molar-refractivity contribution in [3.05, 3.63) is 23.8 Å². The topological polar surface area (TPSA) is 41.1 Å². The molecule has 0 saturated carbocycles. The molecule has 1 aromatic heterocycles. The number of hydrogen-bond donors (Lipinski definition) is 1. The zero-order valence-corrected chi connectivity index (χ0v) is 11.4. The number of likely N-dealkylation sites (tertiary alicyclic amines) is 1. The molecule has 1 fully saturated rings. The fraction of sp³-hybridized carbons (Fsp3) is 0.714. The highest BCUT2D eigenvalue weighted by molar-refractivity contribution is 5.00. The van der Waals surface area contributed by atoms with Crippen LogP contribution in [0.3, 0.4) is 0 Å². The normalized spacial score (nSPS) is 17.6. The van der Waals surface area contributed by atoms with E-state index in [1.165, 1.54) is 38.8 Å². The Balaban J connectivity index is 1.63. The predicted octanol–water partition coefficient (Wildman–Crippen LogP) is 1.75. The van der Waals surface area contributed by atoms with Gasteiger partial charge in [-0.15, -0.1) is 0 Å². The molecule has 0 unspecified atom stereocenters. The van der Waals surface area contributed by atoms with Crippen LogP contribution in [0.25, 0.3) is 0 Å². The number of hydrogen-bond acceptors (Lipinski definition) is 4. The molecule has 1 aromatic rings. The van der Waals surface area contributed by atoms with Crippen LogP contribution in [0.4, 0.5) is 0 Å². The Hall–Kier alpha value is -1.00. The molecule has 18 heavy (non-hydrogen) atoms. The van der Waals surface area contributed by atoms with Crippen molar-refractivity contribution in [3.8, 4) is 0 Å². The van der Waals surface area contributed by atoms with E-state index in [1.807, 2.05) is 19.2 Å². The second kappa shape index (κ2) is 7.44. The molecule has 4 nitrogen and oxygen atoms in total. The lowest BCUT2D eigenvalue weighted by molar-refractivity contribution is 0.284. The first-order valence-electron chi connectivity index (χ1n) is 7.06. The van der Waals surface area contributed by atoms with Gasteiger partial charge in [0, 0.05) is 25.8 Å². The van der Waals surface area contributed by atoms with Crippen LogP contribution in [0.5, 0.6) is 0 Å². The molecule has 0 aromatic carbocycles. The van der Waals surface area contributed by atoms with E-state index in [0.717, 1.165) is 31.2 Å². The van der Waals surface area contributed by atoms with Gasteiger partial charge in [0.05, 0.1) is 5.69 Å². The average molecular weight is 248 g/mol. The summed E-state index contributed by atoms with van der Waals surface area (Å²) in [5.74, 6) is 0.849. The summed E-state index contributed by atoms with van der Waals surface area (Å²) in [5.41, 5.74) is 1.08. The largest absolute Gasteiger partial charge is 0.310 e. The SMILES string of the molecule is Cc1nccc(CNCCN2CCCCCC2)n1. The first kappa shape index (κ1) is 13.4. The number of aryl methyl sites for hydroxylation is 1. The van der Waals surface area contributed by atoms with Gasteiger partial charge < -0.3 is 10.2 Å². The van der Waals surface area contributed by atoms with Gasteiger partial charge in [-0.3, -0.25) is 0 Å². The maximum absolute atomic E-state index is 4.39. The van der Waals surface area contributed by atoms with E-state index in [0.29, 0.717) is 0 Å². The summed E-state index contributed by atoms with van der Waals surface area (Å²) < 4.78 is 0. The molecule has 1 aliphatic rings. The summed E-state index contributed by atoms with van der Waals surface area (Å²) in [6.07, 6.45) is 7.37. The Kier molecular flexibility index (Phi) is 5.55. The van der Waals surface area contributed by atoms with Crippen LogP contribution in [-0.2, 0) is 6.54 Å². The molecule has 0 atom stereocenters. The van der Waals surface area contributed by atoms with Gasteiger partial charge in [0.15, 0.2) is 0 Å². The molecule has 0 amide bonds. The Morgan fingerprint density at radius 1 is 1.22 bits per heavy atom. The van der Waals surface area contributed by atoms with E-state index < -0.39 is 0 Å². The first-order valence-corrected chi connectivity index (χ1v) is 7.06. The van der Waals surface area contributed by atoms with Crippen LogP contribution < -0.4 is 5.32 Å². The Morgan fingerprint density at radius 3 is 2.72 bits per heavy atom. The molecule has 1 saturated heterocycles. The highest BCUT2D eigenvalue weighted by Gasteiger charge is 2.07. The van der Waals surface area contributed by atoms with Crippen LogP contribution in [-0.4, -0.2) is 41.0 Å². The van der Waals surface area contributed by atoms with Crippen molar-refractivity contribution in [2.45, 2.75) is 39.2 Å². The van der Waals surface area contributed by atoms with Gasteiger partial charge >= 0.3 is 0 Å². The summed E-state index contributed by atoms with van der Waals surface area (Å²) in [6.45, 7) is 7.52. The second-order valence-corrected chi connectivity index (χ2v) is 5.03. The Bertz CT molecular complexity index is 345. The number of nitrogens with zero attached hydrogens (tertiary/aromatic N) is 3. The van der Waals surface area contributed by atoms with E-state index in [9.17, 15) is 0 Å². The van der Waals surface area contributed by atoms with Crippen molar-refractivity contribution in [1.82, 2.24) is 20.2 Å². The predicted molar refractivity (Wildman–Crippen MR) is 73.4 cm³/mol. The highest BCUT2D eigenvalue weighted by atomic mass is 15.1. The lowest BCUT2D eigenvalue weighted by Crippen LogP contribution is -2.32. The summed E-state index contributed by atoms with van der Waals surface area (Å²) in [5, 5.41) is 3.46. The molecule has 0 spiro atoms. The molecule has 0 radical (unpaired) electrons. The first-order chi connectivity index (χ1) is 8.84. The zero-order valence-electron chi connectivity index (χ0n) is 11.4.